The molecule has 7 heteroatoms. The maximum Gasteiger partial charge on any atom is 0.261 e. The van der Waals surface area contributed by atoms with Gasteiger partial charge in [0.2, 0.25) is 0 Å². The van der Waals surface area contributed by atoms with Crippen LogP contribution in [0.4, 0.5) is 0 Å². The molecule has 1 aliphatic heterocycles. The van der Waals surface area contributed by atoms with Crippen LogP contribution in [0.25, 0.3) is 0 Å². The fraction of sp³-hybridized carbons (Fsp3) is 0.474. The van der Waals surface area contributed by atoms with Crippen molar-refractivity contribution in [1.29, 1.82) is 5.26 Å². The van der Waals surface area contributed by atoms with Crippen LogP contribution < -0.4 is 14.8 Å². The largest absolute Gasteiger partial charge is 0.493 e. The van der Waals surface area contributed by atoms with E-state index in [0.29, 0.717) is 31.1 Å². The fourth-order valence-electron chi connectivity index (χ4n) is 2.50. The summed E-state index contributed by atoms with van der Waals surface area (Å²) < 4.78 is 21.5. The van der Waals surface area contributed by atoms with Gasteiger partial charge in [0.15, 0.2) is 17.8 Å². The van der Waals surface area contributed by atoms with Crippen LogP contribution in [0.15, 0.2) is 29.8 Å². The van der Waals surface area contributed by atoms with Gasteiger partial charge in [0.1, 0.15) is 11.6 Å². The highest BCUT2D eigenvalue weighted by Crippen LogP contribution is 2.27. The first-order chi connectivity index (χ1) is 12.4. The van der Waals surface area contributed by atoms with Gasteiger partial charge in [0.25, 0.3) is 5.91 Å². The summed E-state index contributed by atoms with van der Waals surface area (Å²) in [5, 5.41) is 11.9. The predicted molar refractivity (Wildman–Crippen MR) is 94.9 cm³/mol. The molecule has 1 unspecified atom stereocenters. The van der Waals surface area contributed by atoms with Crippen LogP contribution in [-0.2, 0) is 20.7 Å². The number of amides is 1. The Balaban J connectivity index is 1.90. The second-order valence-corrected chi connectivity index (χ2v) is 6.44. The monoisotopic (exact) mass is 360 g/mol. The van der Waals surface area contributed by atoms with E-state index in [4.69, 9.17) is 18.9 Å². The number of ether oxygens (including phenoxy) is 4. The smallest absolute Gasteiger partial charge is 0.261 e. The summed E-state index contributed by atoms with van der Waals surface area (Å²) in [6, 6.07) is 7.46. The predicted octanol–water partition coefficient (Wildman–Crippen LogP) is 1.96. The van der Waals surface area contributed by atoms with Crippen LogP contribution in [0.3, 0.4) is 0 Å². The summed E-state index contributed by atoms with van der Waals surface area (Å²) in [4.78, 5) is 12.2. The second kappa shape index (κ2) is 8.70. The number of hydrogen-bond acceptors (Lipinski definition) is 6. The van der Waals surface area contributed by atoms with Crippen molar-refractivity contribution in [2.75, 3.05) is 27.4 Å². The molecule has 2 rings (SSSR count). The van der Waals surface area contributed by atoms with E-state index < -0.39 is 17.8 Å². The maximum absolute atomic E-state index is 12.2. The molecule has 1 saturated heterocycles. The van der Waals surface area contributed by atoms with Crippen molar-refractivity contribution >= 4 is 5.91 Å². The molecule has 1 N–H and O–H groups in total. The van der Waals surface area contributed by atoms with Gasteiger partial charge in [-0.05, 0) is 44.0 Å². The van der Waals surface area contributed by atoms with Gasteiger partial charge < -0.3 is 24.3 Å². The molecule has 26 heavy (non-hydrogen) atoms. The third-order valence-electron chi connectivity index (χ3n) is 3.85. The molecule has 1 atom stereocenters. The quantitative estimate of drug-likeness (QED) is 0.591. The molecule has 0 spiro atoms. The summed E-state index contributed by atoms with van der Waals surface area (Å²) in [5.74, 6) is 0.825. The molecule has 1 aromatic rings. The molecule has 1 heterocycles. The van der Waals surface area contributed by atoms with Gasteiger partial charge in [-0.3, -0.25) is 4.79 Å². The minimum atomic E-state index is -0.684. The standard InChI is InChI=1S/C19H24N2O5/c1-19(2)12-25-17(26-19)10-14(11-20)18(22)21-8-7-13-5-6-15(23-3)16(9-13)24-4/h5-6,9-10,17H,7-8,12H2,1-4H3,(H,21,22)/b14-10-. The third kappa shape index (κ3) is 5.22. The van der Waals surface area contributed by atoms with E-state index in [9.17, 15) is 10.1 Å². The van der Waals surface area contributed by atoms with Crippen LogP contribution >= 0.6 is 0 Å². The minimum absolute atomic E-state index is 0.0278. The first kappa shape index (κ1) is 19.8. The second-order valence-electron chi connectivity index (χ2n) is 6.44. The molecule has 0 bridgehead atoms. The van der Waals surface area contributed by atoms with Gasteiger partial charge in [-0.1, -0.05) is 6.07 Å². The van der Waals surface area contributed by atoms with Crippen molar-refractivity contribution < 1.29 is 23.7 Å². The SMILES string of the molecule is COc1ccc(CCNC(=O)/C(C#N)=C\C2OCC(C)(C)O2)cc1OC. The number of carbonyl (C=O) groups is 1. The average molecular weight is 360 g/mol. The highest BCUT2D eigenvalue weighted by Gasteiger charge is 2.32. The molecular weight excluding hydrogens is 336 g/mol. The van der Waals surface area contributed by atoms with E-state index >= 15 is 0 Å². The summed E-state index contributed by atoms with van der Waals surface area (Å²) in [5.41, 5.74) is 0.528. The number of nitrogens with one attached hydrogen (secondary N) is 1. The van der Waals surface area contributed by atoms with Gasteiger partial charge in [-0.2, -0.15) is 5.26 Å². The molecule has 0 saturated carbocycles. The number of nitrogens with zero attached hydrogens (tertiary/aromatic N) is 1. The van der Waals surface area contributed by atoms with Crippen LogP contribution in [0, 0.1) is 11.3 Å². The molecule has 140 valence electrons. The van der Waals surface area contributed by atoms with Gasteiger partial charge in [0.05, 0.1) is 26.4 Å². The maximum atomic E-state index is 12.2. The van der Waals surface area contributed by atoms with E-state index in [1.807, 2.05) is 38.1 Å². The van der Waals surface area contributed by atoms with Gasteiger partial charge in [-0.15, -0.1) is 0 Å². The number of nitriles is 1. The molecule has 0 aliphatic carbocycles. The summed E-state index contributed by atoms with van der Waals surface area (Å²) in [6.07, 6.45) is 1.31. The Kier molecular flexibility index (Phi) is 6.61. The van der Waals surface area contributed by atoms with Crippen LogP contribution in [-0.4, -0.2) is 45.2 Å². The number of hydrogen-bond donors (Lipinski definition) is 1. The van der Waals surface area contributed by atoms with E-state index in [2.05, 4.69) is 5.32 Å². The Labute approximate surface area is 153 Å². The number of benzene rings is 1. The van der Waals surface area contributed by atoms with E-state index in [-0.39, 0.29) is 5.57 Å². The van der Waals surface area contributed by atoms with Crippen molar-refractivity contribution in [3.8, 4) is 17.6 Å². The van der Waals surface area contributed by atoms with Gasteiger partial charge >= 0.3 is 0 Å². The highest BCUT2D eigenvalue weighted by atomic mass is 16.7. The van der Waals surface area contributed by atoms with Crippen molar-refractivity contribution in [3.05, 3.63) is 35.4 Å². The van der Waals surface area contributed by atoms with E-state index in [1.54, 1.807) is 14.2 Å². The van der Waals surface area contributed by atoms with Crippen molar-refractivity contribution in [3.63, 3.8) is 0 Å². The van der Waals surface area contributed by atoms with Crippen molar-refractivity contribution in [2.45, 2.75) is 32.2 Å². The zero-order valence-corrected chi connectivity index (χ0v) is 15.5. The molecule has 1 aromatic carbocycles. The van der Waals surface area contributed by atoms with Crippen LogP contribution in [0.5, 0.6) is 11.5 Å². The molecule has 1 aliphatic rings. The fourth-order valence-corrected chi connectivity index (χ4v) is 2.50. The van der Waals surface area contributed by atoms with Gasteiger partial charge in [0, 0.05) is 6.54 Å². The van der Waals surface area contributed by atoms with E-state index in [0.717, 1.165) is 5.56 Å². The first-order valence-electron chi connectivity index (χ1n) is 8.29. The lowest BCUT2D eigenvalue weighted by molar-refractivity contribution is -0.117. The molecule has 7 nitrogen and oxygen atoms in total. The Morgan fingerprint density at radius 3 is 2.69 bits per heavy atom. The zero-order chi connectivity index (χ0) is 19.2. The van der Waals surface area contributed by atoms with Crippen LogP contribution in [0.1, 0.15) is 19.4 Å². The normalized spacial score (nSPS) is 18.9. The van der Waals surface area contributed by atoms with Crippen molar-refractivity contribution in [2.24, 2.45) is 0 Å². The minimum Gasteiger partial charge on any atom is -0.493 e. The summed E-state index contributed by atoms with van der Waals surface area (Å²) in [6.45, 7) is 4.56. The lowest BCUT2D eigenvalue weighted by atomic mass is 10.1. The number of carbonyl (C=O) groups excluding carboxylic acids is 1. The topological polar surface area (TPSA) is 89.8 Å². The molecule has 1 fully saturated rings. The Morgan fingerprint density at radius 1 is 1.38 bits per heavy atom. The Morgan fingerprint density at radius 2 is 2.12 bits per heavy atom. The van der Waals surface area contributed by atoms with Crippen molar-refractivity contribution in [1.82, 2.24) is 5.32 Å². The lowest BCUT2D eigenvalue weighted by Crippen LogP contribution is -2.28. The highest BCUT2D eigenvalue weighted by molar-refractivity contribution is 5.97. The molecular formula is C19H24N2O5. The third-order valence-corrected chi connectivity index (χ3v) is 3.85. The number of rotatable bonds is 7. The molecule has 0 radical (unpaired) electrons. The van der Waals surface area contributed by atoms with E-state index in [1.165, 1.54) is 6.08 Å². The summed E-state index contributed by atoms with van der Waals surface area (Å²) >= 11 is 0. The molecule has 1 amide bonds. The average Bonchev–Trinajstić information content (AvgIpc) is 2.97. The Hall–Kier alpha value is -2.56. The summed E-state index contributed by atoms with van der Waals surface area (Å²) in [7, 11) is 3.15. The van der Waals surface area contributed by atoms with Gasteiger partial charge in [-0.25, -0.2) is 0 Å². The Bertz CT molecular complexity index is 721. The molecule has 0 aromatic heterocycles. The van der Waals surface area contributed by atoms with Crippen LogP contribution in [0.2, 0.25) is 0 Å². The first-order valence-corrected chi connectivity index (χ1v) is 8.29. The lowest BCUT2D eigenvalue weighted by Gasteiger charge is -2.14. The zero-order valence-electron chi connectivity index (χ0n) is 15.5. The number of methoxy groups -OCH3 is 2.